The van der Waals surface area contributed by atoms with Crippen molar-refractivity contribution >= 4 is 10.0 Å². The van der Waals surface area contributed by atoms with Crippen LogP contribution in [0.4, 0.5) is 0 Å². The monoisotopic (exact) mass is 411 g/mol. The highest BCUT2D eigenvalue weighted by Crippen LogP contribution is 2.24. The molecule has 0 N–H and O–H groups in total. The van der Waals surface area contributed by atoms with E-state index in [4.69, 9.17) is 4.74 Å². The van der Waals surface area contributed by atoms with Gasteiger partial charge in [0.05, 0.1) is 13.4 Å². The fourth-order valence-corrected chi connectivity index (χ4v) is 4.63. The van der Waals surface area contributed by atoms with Crippen LogP contribution in [0, 0.1) is 5.92 Å². The van der Waals surface area contributed by atoms with Crippen molar-refractivity contribution in [3.8, 4) is 5.75 Å². The van der Waals surface area contributed by atoms with Gasteiger partial charge in [-0.15, -0.1) is 0 Å². The van der Waals surface area contributed by atoms with E-state index in [9.17, 15) is 8.42 Å². The van der Waals surface area contributed by atoms with Gasteiger partial charge < -0.3 is 4.74 Å². The van der Waals surface area contributed by atoms with Crippen LogP contribution in [0.25, 0.3) is 0 Å². The van der Waals surface area contributed by atoms with E-state index < -0.39 is 10.0 Å². The van der Waals surface area contributed by atoms with Gasteiger partial charge in [-0.05, 0) is 49.7 Å². The molecule has 0 aromatic heterocycles. The van der Waals surface area contributed by atoms with Gasteiger partial charge in [0, 0.05) is 13.1 Å². The zero-order chi connectivity index (χ0) is 20.8. The lowest BCUT2D eigenvalue weighted by molar-refractivity contribution is 0.303. The van der Waals surface area contributed by atoms with Crippen LogP contribution in [0.2, 0.25) is 0 Å². The first-order valence-corrected chi connectivity index (χ1v) is 12.8. The van der Waals surface area contributed by atoms with E-state index >= 15 is 0 Å². The van der Waals surface area contributed by atoms with Gasteiger partial charge in [-0.3, -0.25) is 0 Å². The lowest BCUT2D eigenvalue weighted by atomic mass is 9.93. The highest BCUT2D eigenvalue weighted by atomic mass is 32.2. The van der Waals surface area contributed by atoms with Crippen molar-refractivity contribution in [2.75, 3.05) is 26.5 Å². The third-order valence-electron chi connectivity index (χ3n) is 5.41. The highest BCUT2D eigenvalue weighted by Gasteiger charge is 2.21. The van der Waals surface area contributed by atoms with Crippen molar-refractivity contribution in [3.63, 3.8) is 0 Å². The number of nitrogens with zero attached hydrogens (tertiary/aromatic N) is 1. The van der Waals surface area contributed by atoms with Gasteiger partial charge in [0.1, 0.15) is 5.75 Å². The highest BCUT2D eigenvalue weighted by molar-refractivity contribution is 7.88. The van der Waals surface area contributed by atoms with Crippen molar-refractivity contribution in [3.05, 3.63) is 29.8 Å². The van der Waals surface area contributed by atoms with Gasteiger partial charge in [0.25, 0.3) is 0 Å². The predicted octanol–water partition coefficient (Wildman–Crippen LogP) is 5.67. The summed E-state index contributed by atoms with van der Waals surface area (Å²) in [4.78, 5) is 0. The Balaban J connectivity index is 2.68. The molecule has 1 rings (SSSR count). The quantitative estimate of drug-likeness (QED) is 0.329. The molecule has 0 spiro atoms. The molecule has 1 aromatic carbocycles. The van der Waals surface area contributed by atoms with Gasteiger partial charge in [-0.1, -0.05) is 64.2 Å². The van der Waals surface area contributed by atoms with Gasteiger partial charge in [-0.2, -0.15) is 0 Å². The molecule has 5 heteroatoms. The van der Waals surface area contributed by atoms with E-state index in [1.165, 1.54) is 37.5 Å². The minimum atomic E-state index is -3.14. The molecule has 1 atom stereocenters. The number of rotatable bonds is 16. The molecule has 0 bridgehead atoms. The van der Waals surface area contributed by atoms with Crippen LogP contribution in [0.1, 0.15) is 77.2 Å². The number of unbranched alkanes of at least 4 members (excludes halogenated alkanes) is 4. The van der Waals surface area contributed by atoms with Crippen molar-refractivity contribution in [1.82, 2.24) is 4.31 Å². The molecule has 0 unspecified atom stereocenters. The fourth-order valence-electron chi connectivity index (χ4n) is 3.69. The average molecular weight is 412 g/mol. The van der Waals surface area contributed by atoms with E-state index in [2.05, 4.69) is 26.0 Å². The summed E-state index contributed by atoms with van der Waals surface area (Å²) < 4.78 is 31.6. The largest absolute Gasteiger partial charge is 0.496 e. The SMILES string of the molecule is CCCCCC[C@H](CCCc1ccccc1OC)CN(CCCC)S(C)(=O)=O. The lowest BCUT2D eigenvalue weighted by Crippen LogP contribution is -2.35. The minimum Gasteiger partial charge on any atom is -0.496 e. The average Bonchev–Trinajstić information content (AvgIpc) is 2.67. The molecule has 28 heavy (non-hydrogen) atoms. The van der Waals surface area contributed by atoms with E-state index in [1.807, 2.05) is 12.1 Å². The molecule has 0 aliphatic carbocycles. The molecule has 0 aliphatic rings. The minimum absolute atomic E-state index is 0.429. The second-order valence-corrected chi connectivity index (χ2v) is 9.88. The third kappa shape index (κ3) is 9.92. The number of sulfonamides is 1. The first-order chi connectivity index (χ1) is 13.4. The standard InChI is InChI=1S/C23H41NO3S/c1-5-7-9-10-14-21(20-24(19-8-6-2)28(4,25)26)15-13-17-22-16-11-12-18-23(22)27-3/h11-12,16,18,21H,5-10,13-15,17,19-20H2,1-4H3/t21-/m1/s1. The maximum absolute atomic E-state index is 12.2. The normalized spacial score (nSPS) is 13.0. The molecule has 162 valence electrons. The summed E-state index contributed by atoms with van der Waals surface area (Å²) in [6.07, 6.45) is 12.4. The summed E-state index contributed by atoms with van der Waals surface area (Å²) in [6, 6.07) is 8.18. The maximum atomic E-state index is 12.2. The van der Waals surface area contributed by atoms with Crippen LogP contribution in [0.15, 0.2) is 24.3 Å². The van der Waals surface area contributed by atoms with Crippen LogP contribution in [-0.2, 0) is 16.4 Å². The molecule has 0 saturated carbocycles. The van der Waals surface area contributed by atoms with E-state index in [1.54, 1.807) is 11.4 Å². The zero-order valence-electron chi connectivity index (χ0n) is 18.5. The number of aryl methyl sites for hydroxylation is 1. The molecule has 0 radical (unpaired) electrons. The molecular formula is C23H41NO3S. The lowest BCUT2D eigenvalue weighted by Gasteiger charge is -2.26. The number of ether oxygens (including phenoxy) is 1. The Bertz CT molecular complexity index is 630. The molecule has 0 saturated heterocycles. The van der Waals surface area contributed by atoms with Crippen molar-refractivity contribution in [1.29, 1.82) is 0 Å². The number of benzene rings is 1. The molecule has 1 aromatic rings. The van der Waals surface area contributed by atoms with Gasteiger partial charge in [0.2, 0.25) is 10.0 Å². The number of hydrogen-bond acceptors (Lipinski definition) is 3. The van der Waals surface area contributed by atoms with Crippen LogP contribution in [0.3, 0.4) is 0 Å². The van der Waals surface area contributed by atoms with Gasteiger partial charge >= 0.3 is 0 Å². The summed E-state index contributed by atoms with van der Waals surface area (Å²) in [5, 5.41) is 0. The Morgan fingerprint density at radius 3 is 2.29 bits per heavy atom. The molecular weight excluding hydrogens is 370 g/mol. The van der Waals surface area contributed by atoms with Crippen molar-refractivity contribution in [2.24, 2.45) is 5.92 Å². The van der Waals surface area contributed by atoms with Crippen LogP contribution in [0.5, 0.6) is 5.75 Å². The van der Waals surface area contributed by atoms with Crippen LogP contribution in [-0.4, -0.2) is 39.2 Å². The van der Waals surface area contributed by atoms with Gasteiger partial charge in [-0.25, -0.2) is 12.7 Å². The topological polar surface area (TPSA) is 46.6 Å². The zero-order valence-corrected chi connectivity index (χ0v) is 19.3. The van der Waals surface area contributed by atoms with E-state index in [0.717, 1.165) is 44.3 Å². The Hall–Kier alpha value is -1.07. The summed E-state index contributed by atoms with van der Waals surface area (Å²) >= 11 is 0. The van der Waals surface area contributed by atoms with E-state index in [0.29, 0.717) is 19.0 Å². The smallest absolute Gasteiger partial charge is 0.211 e. The Morgan fingerprint density at radius 2 is 1.64 bits per heavy atom. The number of para-hydroxylation sites is 1. The first kappa shape index (κ1) is 25.0. The molecule has 0 amide bonds. The van der Waals surface area contributed by atoms with Crippen molar-refractivity contribution < 1.29 is 13.2 Å². The van der Waals surface area contributed by atoms with Crippen LogP contribution < -0.4 is 4.74 Å². The Labute approximate surface area is 173 Å². The number of hydrogen-bond donors (Lipinski definition) is 0. The van der Waals surface area contributed by atoms with E-state index in [-0.39, 0.29) is 0 Å². The summed E-state index contributed by atoms with van der Waals surface area (Å²) in [6.45, 7) is 5.64. The summed E-state index contributed by atoms with van der Waals surface area (Å²) in [5.41, 5.74) is 1.24. The summed E-state index contributed by atoms with van der Waals surface area (Å²) in [5.74, 6) is 1.38. The predicted molar refractivity (Wildman–Crippen MR) is 120 cm³/mol. The van der Waals surface area contributed by atoms with Gasteiger partial charge in [0.15, 0.2) is 0 Å². The molecule has 0 fully saturated rings. The second kappa shape index (κ2) is 14.0. The molecule has 0 aliphatic heterocycles. The maximum Gasteiger partial charge on any atom is 0.211 e. The molecule has 0 heterocycles. The number of methoxy groups -OCH3 is 1. The Kier molecular flexibility index (Phi) is 12.5. The summed E-state index contributed by atoms with van der Waals surface area (Å²) in [7, 11) is -1.43. The molecule has 4 nitrogen and oxygen atoms in total. The first-order valence-electron chi connectivity index (χ1n) is 11.0. The van der Waals surface area contributed by atoms with Crippen LogP contribution >= 0.6 is 0 Å². The fraction of sp³-hybridized carbons (Fsp3) is 0.739. The van der Waals surface area contributed by atoms with Crippen molar-refractivity contribution in [2.45, 2.75) is 78.1 Å². The second-order valence-electron chi connectivity index (χ2n) is 7.89. The Morgan fingerprint density at radius 1 is 0.964 bits per heavy atom. The third-order valence-corrected chi connectivity index (χ3v) is 6.68.